The zero-order valence-corrected chi connectivity index (χ0v) is 13.4. The van der Waals surface area contributed by atoms with E-state index in [4.69, 9.17) is 16.3 Å². The summed E-state index contributed by atoms with van der Waals surface area (Å²) in [5.74, 6) is 1.17. The minimum atomic E-state index is -0.172. The van der Waals surface area contributed by atoms with Crippen molar-refractivity contribution in [1.82, 2.24) is 5.32 Å². The van der Waals surface area contributed by atoms with Gasteiger partial charge in [0.05, 0.1) is 11.6 Å². The van der Waals surface area contributed by atoms with Gasteiger partial charge >= 0.3 is 6.03 Å². The van der Waals surface area contributed by atoms with Gasteiger partial charge in [-0.25, -0.2) is 4.79 Å². The summed E-state index contributed by atoms with van der Waals surface area (Å²) in [5, 5.41) is 6.38. The number of amides is 2. The summed E-state index contributed by atoms with van der Waals surface area (Å²) in [4.78, 5) is 12.1. The van der Waals surface area contributed by atoms with E-state index in [0.29, 0.717) is 29.0 Å². The van der Waals surface area contributed by atoms with Crippen molar-refractivity contribution in [3.8, 4) is 5.75 Å². The van der Waals surface area contributed by atoms with Gasteiger partial charge in [0.2, 0.25) is 0 Å². The summed E-state index contributed by atoms with van der Waals surface area (Å²) in [6, 6.07) is 5.35. The Balaban J connectivity index is 1.91. The van der Waals surface area contributed by atoms with Crippen LogP contribution < -0.4 is 15.4 Å². The molecule has 0 radical (unpaired) electrons. The zero-order chi connectivity index (χ0) is 15.2. The highest BCUT2D eigenvalue weighted by Gasteiger charge is 2.22. The van der Waals surface area contributed by atoms with E-state index in [0.717, 1.165) is 6.42 Å². The second kappa shape index (κ2) is 7.55. The highest BCUT2D eigenvalue weighted by atomic mass is 35.5. The number of rotatable bonds is 4. The van der Waals surface area contributed by atoms with Crippen molar-refractivity contribution >= 4 is 23.3 Å². The summed E-state index contributed by atoms with van der Waals surface area (Å²) in [6.07, 6.45) is 4.68. The lowest BCUT2D eigenvalue weighted by Gasteiger charge is -2.29. The van der Waals surface area contributed by atoms with Gasteiger partial charge in [0, 0.05) is 11.7 Å². The number of hydrogen-bond acceptors (Lipinski definition) is 2. The SMILES string of the molecule is CCOc1ccc(NC(=O)NC2CCCCC2C)cc1Cl. The van der Waals surface area contributed by atoms with Crippen LogP contribution in [0.1, 0.15) is 39.5 Å². The Morgan fingerprint density at radius 3 is 2.81 bits per heavy atom. The lowest BCUT2D eigenvalue weighted by molar-refractivity contribution is 0.232. The van der Waals surface area contributed by atoms with E-state index in [1.54, 1.807) is 18.2 Å². The molecule has 1 aromatic carbocycles. The van der Waals surface area contributed by atoms with Crippen LogP contribution in [0.15, 0.2) is 18.2 Å². The molecule has 0 bridgehead atoms. The van der Waals surface area contributed by atoms with Gasteiger partial charge in [-0.15, -0.1) is 0 Å². The number of halogens is 1. The molecule has 5 heteroatoms. The van der Waals surface area contributed by atoms with E-state index in [2.05, 4.69) is 17.6 Å². The number of benzene rings is 1. The lowest BCUT2D eigenvalue weighted by Crippen LogP contribution is -2.43. The molecule has 4 nitrogen and oxygen atoms in total. The van der Waals surface area contributed by atoms with Gasteiger partial charge in [0.25, 0.3) is 0 Å². The third-order valence-corrected chi connectivity index (χ3v) is 4.21. The predicted molar refractivity (Wildman–Crippen MR) is 86.2 cm³/mol. The molecule has 0 saturated heterocycles. The Morgan fingerprint density at radius 1 is 1.38 bits per heavy atom. The molecule has 21 heavy (non-hydrogen) atoms. The highest BCUT2D eigenvalue weighted by molar-refractivity contribution is 6.32. The van der Waals surface area contributed by atoms with Crippen molar-refractivity contribution in [3.05, 3.63) is 23.2 Å². The standard InChI is InChI=1S/C16H23ClN2O2/c1-3-21-15-9-8-12(10-13(15)17)18-16(20)19-14-7-5-4-6-11(14)2/h8-11,14H,3-7H2,1-2H3,(H2,18,19,20). The average Bonchev–Trinajstić information content (AvgIpc) is 2.44. The van der Waals surface area contributed by atoms with Crippen LogP contribution >= 0.6 is 11.6 Å². The average molecular weight is 311 g/mol. The Morgan fingerprint density at radius 2 is 2.14 bits per heavy atom. The molecular formula is C16H23ClN2O2. The summed E-state index contributed by atoms with van der Waals surface area (Å²) in [5.41, 5.74) is 0.671. The van der Waals surface area contributed by atoms with Gasteiger partial charge in [-0.3, -0.25) is 0 Å². The van der Waals surface area contributed by atoms with Gasteiger partial charge in [-0.1, -0.05) is 31.4 Å². The molecule has 1 aliphatic rings. The molecule has 2 N–H and O–H groups in total. The van der Waals surface area contributed by atoms with Gasteiger partial charge in [-0.2, -0.15) is 0 Å². The smallest absolute Gasteiger partial charge is 0.319 e. The molecule has 2 atom stereocenters. The van der Waals surface area contributed by atoms with E-state index >= 15 is 0 Å². The first-order valence-electron chi connectivity index (χ1n) is 7.60. The largest absolute Gasteiger partial charge is 0.492 e. The first-order valence-corrected chi connectivity index (χ1v) is 7.97. The van der Waals surface area contributed by atoms with E-state index < -0.39 is 0 Å². The minimum absolute atomic E-state index is 0.172. The molecule has 0 aromatic heterocycles. The molecule has 1 aliphatic carbocycles. The van der Waals surface area contributed by atoms with E-state index in [1.165, 1.54) is 19.3 Å². The maximum absolute atomic E-state index is 12.1. The number of anilines is 1. The summed E-state index contributed by atoms with van der Waals surface area (Å²) in [7, 11) is 0. The second-order valence-corrected chi connectivity index (χ2v) is 5.95. The Kier molecular flexibility index (Phi) is 5.74. The second-order valence-electron chi connectivity index (χ2n) is 5.54. The van der Waals surface area contributed by atoms with E-state index in [1.807, 2.05) is 6.92 Å². The maximum atomic E-state index is 12.1. The molecule has 116 valence electrons. The van der Waals surface area contributed by atoms with Gasteiger partial charge in [0.15, 0.2) is 0 Å². The molecule has 2 amide bonds. The Hall–Kier alpha value is -1.42. The van der Waals surface area contributed by atoms with Gasteiger partial charge in [-0.05, 0) is 43.9 Å². The lowest BCUT2D eigenvalue weighted by atomic mass is 9.86. The molecular weight excluding hydrogens is 288 g/mol. The number of urea groups is 1. The molecule has 0 spiro atoms. The summed E-state index contributed by atoms with van der Waals surface area (Å²) in [6.45, 7) is 4.66. The fraction of sp³-hybridized carbons (Fsp3) is 0.562. The topological polar surface area (TPSA) is 50.4 Å². The van der Waals surface area contributed by atoms with Crippen LogP contribution in [0.2, 0.25) is 5.02 Å². The number of ether oxygens (including phenoxy) is 1. The fourth-order valence-corrected chi connectivity index (χ4v) is 2.95. The third-order valence-electron chi connectivity index (χ3n) is 3.92. The quantitative estimate of drug-likeness (QED) is 0.864. The van der Waals surface area contributed by atoms with Crippen molar-refractivity contribution in [3.63, 3.8) is 0 Å². The van der Waals surface area contributed by atoms with E-state index in [-0.39, 0.29) is 12.1 Å². The Bertz CT molecular complexity index is 493. The van der Waals surface area contributed by atoms with Crippen molar-refractivity contribution in [2.45, 2.75) is 45.6 Å². The fourth-order valence-electron chi connectivity index (χ4n) is 2.72. The molecule has 1 saturated carbocycles. The van der Waals surface area contributed by atoms with E-state index in [9.17, 15) is 4.79 Å². The maximum Gasteiger partial charge on any atom is 0.319 e. The monoisotopic (exact) mass is 310 g/mol. The molecule has 1 fully saturated rings. The van der Waals surface area contributed by atoms with Crippen LogP contribution in [0.4, 0.5) is 10.5 Å². The molecule has 2 rings (SSSR count). The highest BCUT2D eigenvalue weighted by Crippen LogP contribution is 2.28. The zero-order valence-electron chi connectivity index (χ0n) is 12.6. The molecule has 0 heterocycles. The number of hydrogen-bond donors (Lipinski definition) is 2. The molecule has 2 unspecified atom stereocenters. The minimum Gasteiger partial charge on any atom is -0.492 e. The summed E-state index contributed by atoms with van der Waals surface area (Å²) < 4.78 is 5.37. The van der Waals surface area contributed by atoms with Crippen molar-refractivity contribution in [2.75, 3.05) is 11.9 Å². The van der Waals surface area contributed by atoms with Crippen LogP contribution in [0.3, 0.4) is 0 Å². The first-order chi connectivity index (χ1) is 10.1. The first kappa shape index (κ1) is 16.0. The van der Waals surface area contributed by atoms with Gasteiger partial charge < -0.3 is 15.4 Å². The van der Waals surface area contributed by atoms with Crippen LogP contribution in [0.5, 0.6) is 5.75 Å². The van der Waals surface area contributed by atoms with Crippen LogP contribution in [-0.2, 0) is 0 Å². The molecule has 1 aromatic rings. The van der Waals surface area contributed by atoms with Crippen molar-refractivity contribution < 1.29 is 9.53 Å². The van der Waals surface area contributed by atoms with Crippen molar-refractivity contribution in [2.24, 2.45) is 5.92 Å². The summed E-state index contributed by atoms with van der Waals surface area (Å²) >= 11 is 6.11. The molecule has 0 aliphatic heterocycles. The van der Waals surface area contributed by atoms with Crippen LogP contribution in [-0.4, -0.2) is 18.7 Å². The Labute approximate surface area is 131 Å². The van der Waals surface area contributed by atoms with Gasteiger partial charge in [0.1, 0.15) is 5.75 Å². The number of nitrogens with one attached hydrogen (secondary N) is 2. The third kappa shape index (κ3) is 4.53. The van der Waals surface area contributed by atoms with Crippen LogP contribution in [0, 0.1) is 5.92 Å². The van der Waals surface area contributed by atoms with Crippen LogP contribution in [0.25, 0.3) is 0 Å². The predicted octanol–water partition coefficient (Wildman–Crippen LogP) is 4.44. The van der Waals surface area contributed by atoms with Crippen molar-refractivity contribution in [1.29, 1.82) is 0 Å². The number of carbonyl (C=O) groups excluding carboxylic acids is 1. The number of carbonyl (C=O) groups is 1. The normalized spacial score (nSPS) is 21.7.